The predicted octanol–water partition coefficient (Wildman–Crippen LogP) is 3.07. The molecule has 1 aliphatic heterocycles. The Labute approximate surface area is 193 Å². The molecule has 0 fully saturated rings. The fraction of sp³-hybridized carbons (Fsp3) is 0.125. The zero-order valence-corrected chi connectivity index (χ0v) is 18.3. The predicted molar refractivity (Wildman–Crippen MR) is 125 cm³/mol. The molecule has 0 spiro atoms. The second-order valence-corrected chi connectivity index (χ2v) is 7.57. The molecule has 1 aliphatic rings. The largest absolute Gasteiger partial charge is 0.478 e. The van der Waals surface area contributed by atoms with Gasteiger partial charge in [0.1, 0.15) is 0 Å². The highest BCUT2D eigenvalue weighted by molar-refractivity contribution is 6.32. The zero-order chi connectivity index (χ0) is 24.6. The first-order valence-electron chi connectivity index (χ1n) is 10.3. The lowest BCUT2D eigenvalue weighted by Gasteiger charge is -2.11. The third-order valence-corrected chi connectivity index (χ3v) is 5.43. The normalized spacial score (nSPS) is 14.5. The molecule has 3 N–H and O–H groups in total. The Kier molecular flexibility index (Phi) is 5.72. The van der Waals surface area contributed by atoms with E-state index < -0.39 is 23.4 Å². The number of aromatic nitrogens is 2. The molecule has 2 aromatic carbocycles. The molecule has 1 amide bonds. The fourth-order valence-electron chi connectivity index (χ4n) is 3.59. The van der Waals surface area contributed by atoms with E-state index in [0.29, 0.717) is 29.2 Å². The average molecular weight is 460 g/mol. The van der Waals surface area contributed by atoms with Gasteiger partial charge in [-0.1, -0.05) is 6.92 Å². The number of amides is 1. The van der Waals surface area contributed by atoms with Crippen LogP contribution < -0.4 is 10.6 Å². The molecule has 2 heterocycles. The lowest BCUT2D eigenvalue weighted by Crippen LogP contribution is -2.22. The van der Waals surface area contributed by atoms with Gasteiger partial charge >= 0.3 is 11.9 Å². The summed E-state index contributed by atoms with van der Waals surface area (Å²) in [6, 6.07) is 11.6. The number of nitrogens with zero attached hydrogens (tertiary/aromatic N) is 3. The molecular formula is C24H20N4O6. The number of carboxylic acid groups (broad SMARTS) is 2. The highest BCUT2D eigenvalue weighted by Crippen LogP contribution is 2.26. The Bertz CT molecular complexity index is 1430. The van der Waals surface area contributed by atoms with E-state index in [1.165, 1.54) is 64.3 Å². The lowest BCUT2D eigenvalue weighted by molar-refractivity contribution is -0.114. The van der Waals surface area contributed by atoms with Crippen LogP contribution in [-0.2, 0) is 4.79 Å². The molecular weight excluding hydrogens is 440 g/mol. The van der Waals surface area contributed by atoms with Crippen LogP contribution in [0.25, 0.3) is 11.8 Å². The van der Waals surface area contributed by atoms with Crippen LogP contribution >= 0.6 is 0 Å². The summed E-state index contributed by atoms with van der Waals surface area (Å²) < 4.78 is 1.28. The standard InChI is InChI=1S/C24H20N4O6/c1-3-20-19(22(30)28(26-20)17-10-6-15(7-11-17)24(33)34)12-18-13(2)25-27(21(18)29)16-8-4-14(5-9-16)23(31)32/h4-12,25H,3H2,1-2H3,(H,31,32)(H,33,34). The maximum Gasteiger partial charge on any atom is 0.335 e. The first kappa shape index (κ1) is 22.5. The van der Waals surface area contributed by atoms with Crippen LogP contribution in [0.5, 0.6) is 0 Å². The monoisotopic (exact) mass is 460 g/mol. The van der Waals surface area contributed by atoms with Crippen molar-refractivity contribution in [2.45, 2.75) is 20.3 Å². The first-order valence-corrected chi connectivity index (χ1v) is 10.3. The summed E-state index contributed by atoms with van der Waals surface area (Å²) in [6.45, 7) is 3.53. The van der Waals surface area contributed by atoms with E-state index in [1.807, 2.05) is 6.92 Å². The van der Waals surface area contributed by atoms with Crippen LogP contribution in [-0.4, -0.2) is 43.6 Å². The Morgan fingerprint density at radius 1 is 0.941 bits per heavy atom. The highest BCUT2D eigenvalue weighted by Gasteiger charge is 2.31. The molecule has 0 saturated heterocycles. The number of carbonyl (C=O) groups is 3. The SMILES string of the molecule is CCC1=NN(c2ccc(C(=O)O)cc2)C(=O)C1=Cc1c(C)[nH]n(-c2ccc(C(=O)O)cc2)c1=O. The van der Waals surface area contributed by atoms with Crippen LogP contribution in [0.2, 0.25) is 0 Å². The quantitative estimate of drug-likeness (QED) is 0.482. The molecule has 0 bridgehead atoms. The van der Waals surface area contributed by atoms with Gasteiger partial charge in [-0.15, -0.1) is 0 Å². The summed E-state index contributed by atoms with van der Waals surface area (Å²) in [5.74, 6) is -2.58. The first-order chi connectivity index (χ1) is 16.2. The Morgan fingerprint density at radius 3 is 1.97 bits per heavy atom. The minimum Gasteiger partial charge on any atom is -0.478 e. The number of aromatic carboxylic acids is 2. The van der Waals surface area contributed by atoms with Gasteiger partial charge in [-0.05, 0) is 68.0 Å². The second kappa shape index (κ2) is 8.66. The molecule has 172 valence electrons. The number of aryl methyl sites for hydroxylation is 1. The zero-order valence-electron chi connectivity index (χ0n) is 18.3. The minimum absolute atomic E-state index is 0.0886. The number of hydrogen-bond donors (Lipinski definition) is 3. The van der Waals surface area contributed by atoms with E-state index >= 15 is 0 Å². The maximum absolute atomic E-state index is 13.2. The molecule has 0 aliphatic carbocycles. The summed E-state index contributed by atoms with van der Waals surface area (Å²) in [6.07, 6.45) is 1.93. The van der Waals surface area contributed by atoms with Crippen molar-refractivity contribution in [3.05, 3.63) is 86.8 Å². The van der Waals surface area contributed by atoms with Gasteiger partial charge < -0.3 is 10.2 Å². The highest BCUT2D eigenvalue weighted by atomic mass is 16.4. The third-order valence-electron chi connectivity index (χ3n) is 5.43. The number of nitrogens with one attached hydrogen (secondary N) is 1. The van der Waals surface area contributed by atoms with Crippen LogP contribution in [0.3, 0.4) is 0 Å². The van der Waals surface area contributed by atoms with Gasteiger partial charge in [0.05, 0.1) is 39.3 Å². The van der Waals surface area contributed by atoms with Crippen LogP contribution in [0.1, 0.15) is 45.3 Å². The molecule has 1 aromatic heterocycles. The summed E-state index contributed by atoms with van der Waals surface area (Å²) in [5.41, 5.74) is 2.19. The van der Waals surface area contributed by atoms with Gasteiger partial charge in [-0.2, -0.15) is 10.1 Å². The Balaban J connectivity index is 1.70. The number of anilines is 1. The number of rotatable bonds is 6. The van der Waals surface area contributed by atoms with E-state index in [-0.39, 0.29) is 22.3 Å². The molecule has 0 unspecified atom stereocenters. The van der Waals surface area contributed by atoms with E-state index in [4.69, 9.17) is 10.2 Å². The number of carboxylic acids is 2. The van der Waals surface area contributed by atoms with Gasteiger partial charge in [-0.3, -0.25) is 14.7 Å². The molecule has 0 radical (unpaired) electrons. The summed E-state index contributed by atoms with van der Waals surface area (Å²) in [4.78, 5) is 48.4. The van der Waals surface area contributed by atoms with Crippen LogP contribution in [0.4, 0.5) is 5.69 Å². The van der Waals surface area contributed by atoms with Crippen molar-refractivity contribution in [1.29, 1.82) is 0 Å². The molecule has 10 heteroatoms. The van der Waals surface area contributed by atoms with Gasteiger partial charge in [0.25, 0.3) is 11.5 Å². The van der Waals surface area contributed by atoms with Crippen molar-refractivity contribution < 1.29 is 24.6 Å². The number of benzene rings is 2. The van der Waals surface area contributed by atoms with Gasteiger partial charge in [0, 0.05) is 5.69 Å². The van der Waals surface area contributed by atoms with Crippen molar-refractivity contribution in [3.8, 4) is 5.69 Å². The third kappa shape index (κ3) is 3.92. The fourth-order valence-corrected chi connectivity index (χ4v) is 3.59. The topological polar surface area (TPSA) is 145 Å². The Hall–Kier alpha value is -4.73. The molecule has 4 rings (SSSR count). The second-order valence-electron chi connectivity index (χ2n) is 7.57. The molecule has 0 atom stereocenters. The van der Waals surface area contributed by atoms with E-state index in [9.17, 15) is 19.2 Å². The molecule has 10 nitrogen and oxygen atoms in total. The molecule has 34 heavy (non-hydrogen) atoms. The summed E-state index contributed by atoms with van der Waals surface area (Å²) in [7, 11) is 0. The molecule has 3 aromatic rings. The van der Waals surface area contributed by atoms with Crippen molar-refractivity contribution in [2.75, 3.05) is 5.01 Å². The number of H-pyrrole nitrogens is 1. The smallest absolute Gasteiger partial charge is 0.335 e. The van der Waals surface area contributed by atoms with Gasteiger partial charge in [0.15, 0.2) is 0 Å². The summed E-state index contributed by atoms with van der Waals surface area (Å²) in [5, 5.41) is 26.6. The number of carbonyl (C=O) groups excluding carboxylic acids is 1. The van der Waals surface area contributed by atoms with E-state index in [2.05, 4.69) is 10.2 Å². The van der Waals surface area contributed by atoms with Crippen LogP contribution in [0, 0.1) is 6.92 Å². The Morgan fingerprint density at radius 2 is 1.47 bits per heavy atom. The van der Waals surface area contributed by atoms with E-state index in [0.717, 1.165) is 0 Å². The maximum atomic E-state index is 13.2. The number of hydrazone groups is 1. The molecule has 0 saturated carbocycles. The average Bonchev–Trinajstić information content (AvgIpc) is 3.30. The number of hydrogen-bond acceptors (Lipinski definition) is 5. The van der Waals surface area contributed by atoms with Crippen LogP contribution in [0.15, 0.2) is 64.0 Å². The lowest BCUT2D eigenvalue weighted by atomic mass is 10.0. The number of aromatic amines is 1. The van der Waals surface area contributed by atoms with Crippen molar-refractivity contribution in [1.82, 2.24) is 9.78 Å². The van der Waals surface area contributed by atoms with Gasteiger partial charge in [-0.25, -0.2) is 14.3 Å². The summed E-state index contributed by atoms with van der Waals surface area (Å²) >= 11 is 0. The van der Waals surface area contributed by atoms with Gasteiger partial charge in [0.2, 0.25) is 0 Å². The minimum atomic E-state index is -1.07. The van der Waals surface area contributed by atoms with Crippen molar-refractivity contribution in [2.24, 2.45) is 5.10 Å². The van der Waals surface area contributed by atoms with Crippen molar-refractivity contribution >= 4 is 35.3 Å². The van der Waals surface area contributed by atoms with E-state index in [1.54, 1.807) is 6.92 Å². The van der Waals surface area contributed by atoms with Crippen molar-refractivity contribution in [3.63, 3.8) is 0 Å².